The Morgan fingerprint density at radius 3 is 2.71 bits per heavy atom. The molecular formula is C13H15N3O4S. The lowest BCUT2D eigenvalue weighted by atomic mass is 9.99. The first-order chi connectivity index (χ1) is 9.93. The molecule has 1 saturated heterocycles. The van der Waals surface area contributed by atoms with E-state index in [-0.39, 0.29) is 23.0 Å². The van der Waals surface area contributed by atoms with Crippen LogP contribution in [0.15, 0.2) is 18.3 Å². The van der Waals surface area contributed by atoms with Crippen molar-refractivity contribution < 1.29 is 18.3 Å². The Kier molecular flexibility index (Phi) is 3.40. The van der Waals surface area contributed by atoms with Crippen LogP contribution in [0.25, 0.3) is 5.65 Å². The van der Waals surface area contributed by atoms with E-state index in [1.807, 2.05) is 0 Å². The van der Waals surface area contributed by atoms with Gasteiger partial charge in [0.1, 0.15) is 9.84 Å². The van der Waals surface area contributed by atoms with Gasteiger partial charge < -0.3 is 5.11 Å². The first-order valence-electron chi connectivity index (χ1n) is 6.72. The number of aromatic nitrogens is 3. The predicted molar refractivity (Wildman–Crippen MR) is 75.0 cm³/mol. The van der Waals surface area contributed by atoms with E-state index in [0.717, 1.165) is 0 Å². The van der Waals surface area contributed by atoms with Crippen LogP contribution in [0.3, 0.4) is 0 Å². The molecule has 1 N–H and O–H groups in total. The summed E-state index contributed by atoms with van der Waals surface area (Å²) in [5.41, 5.74) is 0.751. The van der Waals surface area contributed by atoms with Gasteiger partial charge in [-0.2, -0.15) is 5.10 Å². The summed E-state index contributed by atoms with van der Waals surface area (Å²) in [6, 6.07) is 3.11. The van der Waals surface area contributed by atoms with Crippen molar-refractivity contribution in [2.75, 3.05) is 11.5 Å². The maximum absolute atomic E-state index is 11.4. The molecular weight excluding hydrogens is 294 g/mol. The number of sulfone groups is 1. The fourth-order valence-corrected chi connectivity index (χ4v) is 4.13. The van der Waals surface area contributed by atoms with Crippen LogP contribution in [-0.4, -0.2) is 45.6 Å². The summed E-state index contributed by atoms with van der Waals surface area (Å²) in [7, 11) is -2.86. The highest BCUT2D eigenvalue weighted by Crippen LogP contribution is 2.22. The van der Waals surface area contributed by atoms with Gasteiger partial charge in [-0.05, 0) is 30.9 Å². The highest BCUT2D eigenvalue weighted by molar-refractivity contribution is 7.91. The number of pyridine rings is 1. The van der Waals surface area contributed by atoms with Gasteiger partial charge in [-0.15, -0.1) is 0 Å². The zero-order valence-electron chi connectivity index (χ0n) is 11.3. The smallest absolute Gasteiger partial charge is 0.337 e. The van der Waals surface area contributed by atoms with Crippen LogP contribution in [0.4, 0.5) is 0 Å². The molecule has 8 heteroatoms. The topological polar surface area (TPSA) is 102 Å². The van der Waals surface area contributed by atoms with Crippen molar-refractivity contribution in [3.63, 3.8) is 0 Å². The molecule has 3 rings (SSSR count). The van der Waals surface area contributed by atoms with E-state index in [9.17, 15) is 13.2 Å². The van der Waals surface area contributed by atoms with Crippen LogP contribution in [0.2, 0.25) is 0 Å². The summed E-state index contributed by atoms with van der Waals surface area (Å²) < 4.78 is 24.3. The van der Waals surface area contributed by atoms with Crippen LogP contribution in [0.1, 0.15) is 29.0 Å². The number of hydrogen-bond acceptors (Lipinski definition) is 5. The lowest BCUT2D eigenvalue weighted by Gasteiger charge is -2.20. The van der Waals surface area contributed by atoms with Gasteiger partial charge in [-0.1, -0.05) is 0 Å². The standard InChI is InChI=1S/C13H15N3O4S/c17-13(18)10-1-2-12-14-11(15-16(12)8-10)7-9-3-5-21(19,20)6-4-9/h1-2,8-9H,3-7H2,(H,17,18). The first kappa shape index (κ1) is 14.0. The summed E-state index contributed by atoms with van der Waals surface area (Å²) in [5, 5.41) is 13.2. The minimum absolute atomic E-state index is 0.155. The van der Waals surface area contributed by atoms with Gasteiger partial charge in [0, 0.05) is 12.6 Å². The van der Waals surface area contributed by atoms with Crippen molar-refractivity contribution >= 4 is 21.5 Å². The second-order valence-corrected chi connectivity index (χ2v) is 7.66. The molecule has 0 saturated carbocycles. The van der Waals surface area contributed by atoms with Gasteiger partial charge in [0.15, 0.2) is 11.5 Å². The molecule has 1 fully saturated rings. The number of aromatic carboxylic acids is 1. The quantitative estimate of drug-likeness (QED) is 0.899. The summed E-state index contributed by atoms with van der Waals surface area (Å²) in [4.78, 5) is 15.3. The summed E-state index contributed by atoms with van der Waals surface area (Å²) in [6.07, 6.45) is 3.33. The van der Waals surface area contributed by atoms with E-state index in [4.69, 9.17) is 5.11 Å². The molecule has 0 aromatic carbocycles. The van der Waals surface area contributed by atoms with Crippen LogP contribution in [0, 0.1) is 5.92 Å². The Balaban J connectivity index is 1.77. The molecule has 0 unspecified atom stereocenters. The lowest BCUT2D eigenvalue weighted by Crippen LogP contribution is -2.24. The highest BCUT2D eigenvalue weighted by Gasteiger charge is 2.24. The molecule has 0 atom stereocenters. The van der Waals surface area contributed by atoms with Gasteiger partial charge in [-0.3, -0.25) is 0 Å². The second kappa shape index (κ2) is 5.10. The fourth-order valence-electron chi connectivity index (χ4n) is 2.54. The van der Waals surface area contributed by atoms with Gasteiger partial charge in [0.25, 0.3) is 0 Å². The highest BCUT2D eigenvalue weighted by atomic mass is 32.2. The van der Waals surface area contributed by atoms with Crippen molar-refractivity contribution in [2.45, 2.75) is 19.3 Å². The fraction of sp³-hybridized carbons (Fsp3) is 0.462. The number of carbonyl (C=O) groups is 1. The molecule has 112 valence electrons. The monoisotopic (exact) mass is 309 g/mol. The number of carboxylic acids is 1. The van der Waals surface area contributed by atoms with Gasteiger partial charge >= 0.3 is 5.97 Å². The Morgan fingerprint density at radius 1 is 1.33 bits per heavy atom. The molecule has 2 aromatic heterocycles. The van der Waals surface area contributed by atoms with Crippen LogP contribution in [-0.2, 0) is 16.3 Å². The van der Waals surface area contributed by atoms with E-state index in [2.05, 4.69) is 10.1 Å². The molecule has 0 aliphatic carbocycles. The molecule has 21 heavy (non-hydrogen) atoms. The maximum Gasteiger partial charge on any atom is 0.337 e. The predicted octanol–water partition coefficient (Wildman–Crippen LogP) is 0.795. The van der Waals surface area contributed by atoms with Crippen molar-refractivity contribution in [2.24, 2.45) is 5.92 Å². The molecule has 1 aliphatic rings. The van der Waals surface area contributed by atoms with E-state index < -0.39 is 15.8 Å². The number of fused-ring (bicyclic) bond motifs is 1. The Labute approximate surface area is 121 Å². The number of rotatable bonds is 3. The zero-order valence-corrected chi connectivity index (χ0v) is 12.1. The van der Waals surface area contributed by atoms with Crippen LogP contribution >= 0.6 is 0 Å². The third-order valence-corrected chi connectivity index (χ3v) is 5.48. The molecule has 3 heterocycles. The molecule has 7 nitrogen and oxygen atoms in total. The molecule has 0 amide bonds. The molecule has 1 aliphatic heterocycles. The minimum atomic E-state index is -2.86. The molecule has 2 aromatic rings. The van der Waals surface area contributed by atoms with Crippen molar-refractivity contribution in [3.05, 3.63) is 29.7 Å². The SMILES string of the molecule is O=C(O)c1ccc2nc(CC3CCS(=O)(=O)CC3)nn2c1. The summed E-state index contributed by atoms with van der Waals surface area (Å²) in [5.74, 6) is 0.348. The normalized spacial score (nSPS) is 18.9. The second-order valence-electron chi connectivity index (χ2n) is 5.35. The molecule has 0 bridgehead atoms. The lowest BCUT2D eigenvalue weighted by molar-refractivity contribution is 0.0696. The zero-order chi connectivity index (χ0) is 15.0. The molecule has 0 spiro atoms. The van der Waals surface area contributed by atoms with Crippen LogP contribution < -0.4 is 0 Å². The van der Waals surface area contributed by atoms with E-state index in [0.29, 0.717) is 30.7 Å². The Bertz CT molecular complexity index is 783. The minimum Gasteiger partial charge on any atom is -0.478 e. The van der Waals surface area contributed by atoms with E-state index >= 15 is 0 Å². The summed E-state index contributed by atoms with van der Waals surface area (Å²) >= 11 is 0. The average molecular weight is 309 g/mol. The third-order valence-electron chi connectivity index (χ3n) is 3.77. The third kappa shape index (κ3) is 3.05. The Hall–Kier alpha value is -1.96. The van der Waals surface area contributed by atoms with Crippen molar-refractivity contribution in [3.8, 4) is 0 Å². The number of carboxylic acid groups (broad SMARTS) is 1. The molecule has 0 radical (unpaired) electrons. The first-order valence-corrected chi connectivity index (χ1v) is 8.54. The van der Waals surface area contributed by atoms with Gasteiger partial charge in [0.2, 0.25) is 0 Å². The summed E-state index contributed by atoms with van der Waals surface area (Å²) in [6.45, 7) is 0. The van der Waals surface area contributed by atoms with Crippen LogP contribution in [0.5, 0.6) is 0 Å². The maximum atomic E-state index is 11.4. The van der Waals surface area contributed by atoms with Crippen molar-refractivity contribution in [1.82, 2.24) is 14.6 Å². The number of nitrogens with zero attached hydrogens (tertiary/aromatic N) is 3. The van der Waals surface area contributed by atoms with Crippen molar-refractivity contribution in [1.29, 1.82) is 0 Å². The average Bonchev–Trinajstić information content (AvgIpc) is 2.82. The van der Waals surface area contributed by atoms with Gasteiger partial charge in [0.05, 0.1) is 17.1 Å². The number of hydrogen-bond donors (Lipinski definition) is 1. The largest absolute Gasteiger partial charge is 0.478 e. The van der Waals surface area contributed by atoms with Gasteiger partial charge in [-0.25, -0.2) is 22.7 Å². The Morgan fingerprint density at radius 2 is 2.05 bits per heavy atom. The van der Waals surface area contributed by atoms with E-state index in [1.54, 1.807) is 6.07 Å². The van der Waals surface area contributed by atoms with E-state index in [1.165, 1.54) is 16.8 Å².